The maximum Gasteiger partial charge on any atom is 0.226 e. The molecule has 7 heteroatoms. The Bertz CT molecular complexity index is 611. The summed E-state index contributed by atoms with van der Waals surface area (Å²) < 4.78 is 5.46. The minimum atomic E-state index is -0.243. The monoisotopic (exact) mass is 319 g/mol. The summed E-state index contributed by atoms with van der Waals surface area (Å²) in [6.07, 6.45) is 1.21. The fourth-order valence-electron chi connectivity index (χ4n) is 1.74. The van der Waals surface area contributed by atoms with Crippen molar-refractivity contribution in [2.75, 3.05) is 11.9 Å². The van der Waals surface area contributed by atoms with Gasteiger partial charge < -0.3 is 10.1 Å². The number of rotatable bonds is 8. The summed E-state index contributed by atoms with van der Waals surface area (Å²) in [5, 5.41) is 10.4. The molecule has 1 N–H and O–H groups in total. The second-order valence-corrected chi connectivity index (χ2v) is 5.42. The molecule has 0 aliphatic carbocycles. The van der Waals surface area contributed by atoms with Gasteiger partial charge in [0.05, 0.1) is 6.61 Å². The van der Waals surface area contributed by atoms with Crippen LogP contribution in [0.15, 0.2) is 29.8 Å². The molecule has 22 heavy (non-hydrogen) atoms. The van der Waals surface area contributed by atoms with Crippen molar-refractivity contribution in [1.82, 2.24) is 10.2 Å². The third-order valence-electron chi connectivity index (χ3n) is 2.83. The lowest BCUT2D eigenvalue weighted by Gasteiger charge is -2.05. The van der Waals surface area contributed by atoms with Crippen molar-refractivity contribution in [3.05, 3.63) is 35.3 Å². The Kier molecular flexibility index (Phi) is 6.02. The third-order valence-corrected chi connectivity index (χ3v) is 3.44. The molecule has 6 nitrogen and oxygen atoms in total. The van der Waals surface area contributed by atoms with E-state index in [4.69, 9.17) is 4.74 Å². The van der Waals surface area contributed by atoms with Gasteiger partial charge in [0, 0.05) is 18.4 Å². The highest BCUT2D eigenvalue weighted by Gasteiger charge is 2.10. The Labute approximate surface area is 132 Å². The molecule has 0 spiro atoms. The van der Waals surface area contributed by atoms with Crippen molar-refractivity contribution in [3.63, 3.8) is 0 Å². The van der Waals surface area contributed by atoms with Crippen molar-refractivity contribution >= 4 is 28.2 Å². The highest BCUT2D eigenvalue weighted by Crippen LogP contribution is 2.15. The number of carbonyl (C=O) groups is 2. The molecule has 116 valence electrons. The van der Waals surface area contributed by atoms with Crippen molar-refractivity contribution < 1.29 is 14.3 Å². The summed E-state index contributed by atoms with van der Waals surface area (Å²) in [5.41, 5.74) is 2.11. The summed E-state index contributed by atoms with van der Waals surface area (Å²) in [6, 6.07) is 6.97. The molecule has 0 atom stereocenters. The standard InChI is InChI=1S/C15H17N3O3S/c1-2-9-21-12-5-3-11(4-6-12)13(19)7-8-14(20)17-15-18-16-10-22-15/h3-6,10H,2,7-9H2,1H3,(H,17,18,20). The molecule has 0 aliphatic rings. The molecule has 1 heterocycles. The van der Waals surface area contributed by atoms with Gasteiger partial charge in [-0.05, 0) is 30.7 Å². The first-order chi connectivity index (χ1) is 10.7. The number of amides is 1. The van der Waals surface area contributed by atoms with E-state index in [9.17, 15) is 9.59 Å². The van der Waals surface area contributed by atoms with Crippen LogP contribution in [0, 0.1) is 0 Å². The molecule has 2 aromatic rings. The van der Waals surface area contributed by atoms with Crippen LogP contribution in [0.25, 0.3) is 0 Å². The number of Topliss-reactive ketones (excluding diaryl/α,β-unsaturated/α-hetero) is 1. The van der Waals surface area contributed by atoms with E-state index in [1.165, 1.54) is 16.8 Å². The average molecular weight is 319 g/mol. The van der Waals surface area contributed by atoms with E-state index in [0.29, 0.717) is 17.3 Å². The van der Waals surface area contributed by atoms with Gasteiger partial charge in [0.1, 0.15) is 11.3 Å². The predicted molar refractivity (Wildman–Crippen MR) is 84.3 cm³/mol. The van der Waals surface area contributed by atoms with Gasteiger partial charge >= 0.3 is 0 Å². The number of hydrogen-bond donors (Lipinski definition) is 1. The molecule has 1 aromatic heterocycles. The first kappa shape index (κ1) is 16.1. The van der Waals surface area contributed by atoms with E-state index in [1.54, 1.807) is 24.3 Å². The van der Waals surface area contributed by atoms with Gasteiger partial charge in [0.25, 0.3) is 0 Å². The minimum Gasteiger partial charge on any atom is -0.494 e. The quantitative estimate of drug-likeness (QED) is 0.757. The number of anilines is 1. The molecule has 2 rings (SSSR count). The van der Waals surface area contributed by atoms with E-state index in [0.717, 1.165) is 12.2 Å². The minimum absolute atomic E-state index is 0.0746. The zero-order valence-electron chi connectivity index (χ0n) is 12.2. The fourth-order valence-corrected chi connectivity index (χ4v) is 2.20. The third kappa shape index (κ3) is 4.92. The van der Waals surface area contributed by atoms with Crippen molar-refractivity contribution in [1.29, 1.82) is 0 Å². The number of aromatic nitrogens is 2. The molecule has 0 bridgehead atoms. The van der Waals surface area contributed by atoms with E-state index in [2.05, 4.69) is 15.5 Å². The van der Waals surface area contributed by atoms with Gasteiger partial charge in [-0.25, -0.2) is 0 Å². The van der Waals surface area contributed by atoms with Crippen molar-refractivity contribution in [2.45, 2.75) is 26.2 Å². The average Bonchev–Trinajstić information content (AvgIpc) is 3.04. The van der Waals surface area contributed by atoms with E-state index >= 15 is 0 Å². The first-order valence-electron chi connectivity index (χ1n) is 7.01. The molecule has 1 aromatic carbocycles. The van der Waals surface area contributed by atoms with Crippen LogP contribution in [0.1, 0.15) is 36.5 Å². The van der Waals surface area contributed by atoms with Crippen LogP contribution in [-0.2, 0) is 4.79 Å². The summed E-state index contributed by atoms with van der Waals surface area (Å²) in [4.78, 5) is 23.7. The van der Waals surface area contributed by atoms with Crippen molar-refractivity contribution in [2.24, 2.45) is 0 Å². The second kappa shape index (κ2) is 8.23. The number of ether oxygens (including phenoxy) is 1. The maximum atomic E-state index is 12.0. The molecule has 0 unspecified atom stereocenters. The van der Waals surface area contributed by atoms with Gasteiger partial charge in [-0.2, -0.15) is 0 Å². The molecule has 0 radical (unpaired) electrons. The largest absolute Gasteiger partial charge is 0.494 e. The summed E-state index contributed by atoms with van der Waals surface area (Å²) in [6.45, 7) is 2.68. The summed E-state index contributed by atoms with van der Waals surface area (Å²) in [5.74, 6) is 0.426. The van der Waals surface area contributed by atoms with Crippen LogP contribution in [0.3, 0.4) is 0 Å². The van der Waals surface area contributed by atoms with Crippen LogP contribution in [0.5, 0.6) is 5.75 Å². The number of benzene rings is 1. The Balaban J connectivity index is 1.80. The fraction of sp³-hybridized carbons (Fsp3) is 0.333. The number of nitrogens with one attached hydrogen (secondary N) is 1. The van der Waals surface area contributed by atoms with E-state index < -0.39 is 0 Å². The van der Waals surface area contributed by atoms with Crippen LogP contribution in [0.2, 0.25) is 0 Å². The molecule has 1 amide bonds. The maximum absolute atomic E-state index is 12.0. The highest BCUT2D eigenvalue weighted by atomic mass is 32.1. The van der Waals surface area contributed by atoms with Crippen LogP contribution < -0.4 is 10.1 Å². The lowest BCUT2D eigenvalue weighted by atomic mass is 10.1. The topological polar surface area (TPSA) is 81.2 Å². The van der Waals surface area contributed by atoms with Crippen LogP contribution >= 0.6 is 11.3 Å². The normalized spacial score (nSPS) is 10.2. The van der Waals surface area contributed by atoms with E-state index in [1.807, 2.05) is 6.92 Å². The number of ketones is 1. The summed E-state index contributed by atoms with van der Waals surface area (Å²) in [7, 11) is 0. The van der Waals surface area contributed by atoms with Gasteiger partial charge in [0.2, 0.25) is 11.0 Å². The Morgan fingerprint density at radius 3 is 2.64 bits per heavy atom. The predicted octanol–water partition coefficient (Wildman–Crippen LogP) is 2.93. The Hall–Kier alpha value is -2.28. The molecule has 0 saturated carbocycles. The molecule has 0 aliphatic heterocycles. The van der Waals surface area contributed by atoms with Crippen LogP contribution in [-0.4, -0.2) is 28.5 Å². The molecule has 0 saturated heterocycles. The summed E-state index contributed by atoms with van der Waals surface area (Å²) >= 11 is 1.24. The van der Waals surface area contributed by atoms with Gasteiger partial charge in [-0.15, -0.1) is 10.2 Å². The lowest BCUT2D eigenvalue weighted by molar-refractivity contribution is -0.116. The first-order valence-corrected chi connectivity index (χ1v) is 7.89. The molecular formula is C15H17N3O3S. The van der Waals surface area contributed by atoms with Gasteiger partial charge in [-0.3, -0.25) is 9.59 Å². The molecular weight excluding hydrogens is 302 g/mol. The molecule has 0 fully saturated rings. The highest BCUT2D eigenvalue weighted by molar-refractivity contribution is 7.13. The zero-order valence-corrected chi connectivity index (χ0v) is 13.1. The van der Waals surface area contributed by atoms with Gasteiger partial charge in [0.15, 0.2) is 5.78 Å². The van der Waals surface area contributed by atoms with Crippen molar-refractivity contribution in [3.8, 4) is 5.75 Å². The second-order valence-electron chi connectivity index (χ2n) is 4.59. The number of nitrogens with zero attached hydrogens (tertiary/aromatic N) is 2. The number of carbonyl (C=O) groups excluding carboxylic acids is 2. The Morgan fingerprint density at radius 1 is 1.23 bits per heavy atom. The van der Waals surface area contributed by atoms with Crippen LogP contribution in [0.4, 0.5) is 5.13 Å². The SMILES string of the molecule is CCCOc1ccc(C(=O)CCC(=O)Nc2nncs2)cc1. The Morgan fingerprint density at radius 2 is 2.00 bits per heavy atom. The lowest BCUT2D eigenvalue weighted by Crippen LogP contribution is -2.13. The smallest absolute Gasteiger partial charge is 0.226 e. The van der Waals surface area contributed by atoms with E-state index in [-0.39, 0.29) is 24.5 Å². The van der Waals surface area contributed by atoms with Gasteiger partial charge in [-0.1, -0.05) is 18.3 Å². The zero-order chi connectivity index (χ0) is 15.8. The number of hydrogen-bond acceptors (Lipinski definition) is 6.